The van der Waals surface area contributed by atoms with Gasteiger partial charge in [-0.1, -0.05) is 72.8 Å². The van der Waals surface area contributed by atoms with Crippen LogP contribution in [0.2, 0.25) is 0 Å². The van der Waals surface area contributed by atoms with Crippen LogP contribution >= 0.6 is 0 Å². The van der Waals surface area contributed by atoms with E-state index in [0.717, 1.165) is 16.7 Å². The lowest BCUT2D eigenvalue weighted by Crippen LogP contribution is -2.50. The van der Waals surface area contributed by atoms with Crippen LogP contribution in [0.5, 0.6) is 0 Å². The van der Waals surface area contributed by atoms with E-state index in [1.165, 1.54) is 10.6 Å². The summed E-state index contributed by atoms with van der Waals surface area (Å²) in [5.41, 5.74) is 4.36. The zero-order valence-electron chi connectivity index (χ0n) is 15.4. The van der Waals surface area contributed by atoms with Crippen LogP contribution in [0.4, 0.5) is 0 Å². The van der Waals surface area contributed by atoms with Gasteiger partial charge in [0, 0.05) is 5.56 Å². The van der Waals surface area contributed by atoms with Crippen molar-refractivity contribution in [3.8, 4) is 22.3 Å². The number of nitrogens with zero attached hydrogens (tertiary/aromatic N) is 1. The van der Waals surface area contributed by atoms with Crippen molar-refractivity contribution in [2.24, 2.45) is 5.84 Å². The average Bonchev–Trinajstić information content (AvgIpc) is 2.67. The maximum Gasteiger partial charge on any atom is 0.268 e. The molecule has 2 N–H and O–H groups in total. The molecule has 3 nitrogen and oxygen atoms in total. The van der Waals surface area contributed by atoms with Crippen LogP contribution in [0.3, 0.4) is 0 Å². The molecule has 0 radical (unpaired) electrons. The Balaban J connectivity index is 1.97. The summed E-state index contributed by atoms with van der Waals surface area (Å²) in [4.78, 5) is 12.9. The smallest absolute Gasteiger partial charge is 0.268 e. The molecule has 0 bridgehead atoms. The summed E-state index contributed by atoms with van der Waals surface area (Å²) in [6, 6.07) is 26.1. The van der Waals surface area contributed by atoms with Crippen LogP contribution in [0.15, 0.2) is 78.9 Å². The summed E-state index contributed by atoms with van der Waals surface area (Å²) in [6.45, 7) is 5.76. The molecule has 0 aromatic heterocycles. The van der Waals surface area contributed by atoms with E-state index in [9.17, 15) is 4.79 Å². The molecule has 0 atom stereocenters. The largest absolute Gasteiger partial charge is 0.271 e. The topological polar surface area (TPSA) is 46.3 Å². The number of benzene rings is 3. The molecule has 3 rings (SSSR count). The van der Waals surface area contributed by atoms with Gasteiger partial charge < -0.3 is 0 Å². The summed E-state index contributed by atoms with van der Waals surface area (Å²) in [5, 5.41) is 1.30. The summed E-state index contributed by atoms with van der Waals surface area (Å²) in [6.07, 6.45) is 0. The predicted octanol–water partition coefficient (Wildman–Crippen LogP) is 5.14. The zero-order chi connectivity index (χ0) is 18.7. The number of carbonyl (C=O) groups is 1. The Kier molecular flexibility index (Phi) is 4.92. The maximum atomic E-state index is 12.9. The van der Waals surface area contributed by atoms with Gasteiger partial charge in [0.05, 0.1) is 5.54 Å². The summed E-state index contributed by atoms with van der Waals surface area (Å²) < 4.78 is 0. The highest BCUT2D eigenvalue weighted by Gasteiger charge is 2.26. The number of nitrogens with two attached hydrogens (primary N) is 1. The highest BCUT2D eigenvalue weighted by molar-refractivity contribution is 6.01. The van der Waals surface area contributed by atoms with E-state index < -0.39 is 5.54 Å². The van der Waals surface area contributed by atoms with E-state index in [2.05, 4.69) is 24.3 Å². The number of hydrogen-bond donors (Lipinski definition) is 1. The fourth-order valence-corrected chi connectivity index (χ4v) is 2.83. The fourth-order valence-electron chi connectivity index (χ4n) is 2.83. The third-order valence-corrected chi connectivity index (χ3v) is 4.40. The molecule has 26 heavy (non-hydrogen) atoms. The van der Waals surface area contributed by atoms with Crippen molar-refractivity contribution in [2.45, 2.75) is 26.3 Å². The first-order chi connectivity index (χ1) is 12.4. The number of carbonyl (C=O) groups excluding carboxylic acids is 1. The first kappa shape index (κ1) is 17.9. The monoisotopic (exact) mass is 344 g/mol. The normalized spacial score (nSPS) is 11.2. The first-order valence-corrected chi connectivity index (χ1v) is 8.72. The van der Waals surface area contributed by atoms with Crippen LogP contribution in [0.1, 0.15) is 31.1 Å². The molecular weight excluding hydrogens is 320 g/mol. The molecule has 1 amide bonds. The summed E-state index contributed by atoms with van der Waals surface area (Å²) >= 11 is 0. The molecule has 0 saturated heterocycles. The van der Waals surface area contributed by atoms with Gasteiger partial charge in [-0.05, 0) is 49.1 Å². The van der Waals surface area contributed by atoms with Crippen molar-refractivity contribution >= 4 is 5.91 Å². The molecule has 132 valence electrons. The Morgan fingerprint density at radius 2 is 1.23 bits per heavy atom. The van der Waals surface area contributed by atoms with E-state index >= 15 is 0 Å². The van der Waals surface area contributed by atoms with Gasteiger partial charge in [-0.25, -0.2) is 5.84 Å². The van der Waals surface area contributed by atoms with Crippen molar-refractivity contribution in [1.82, 2.24) is 5.01 Å². The second kappa shape index (κ2) is 7.14. The van der Waals surface area contributed by atoms with Crippen molar-refractivity contribution < 1.29 is 4.79 Å². The molecule has 3 aromatic rings. The molecule has 0 fully saturated rings. The molecular formula is C23H24N2O. The Labute approximate surface area is 155 Å². The SMILES string of the molecule is CC(C)(C)N(N)C(=O)c1ccccc1-c1ccc(-c2ccccc2)cc1. The third-order valence-electron chi connectivity index (χ3n) is 4.40. The minimum atomic E-state index is -0.443. The summed E-state index contributed by atoms with van der Waals surface area (Å²) in [7, 11) is 0. The second-order valence-corrected chi connectivity index (χ2v) is 7.33. The molecule has 0 aliphatic carbocycles. The summed E-state index contributed by atoms with van der Waals surface area (Å²) in [5.74, 6) is 5.88. The molecule has 3 aromatic carbocycles. The Bertz CT molecular complexity index is 893. The Morgan fingerprint density at radius 3 is 1.85 bits per heavy atom. The van der Waals surface area contributed by atoms with Crippen LogP contribution in [0, 0.1) is 0 Å². The average molecular weight is 344 g/mol. The van der Waals surface area contributed by atoms with Crippen LogP contribution < -0.4 is 5.84 Å². The maximum absolute atomic E-state index is 12.9. The predicted molar refractivity (Wildman–Crippen MR) is 107 cm³/mol. The highest BCUT2D eigenvalue weighted by atomic mass is 16.2. The number of hydrogen-bond acceptors (Lipinski definition) is 2. The van der Waals surface area contributed by atoms with Crippen LogP contribution in [-0.4, -0.2) is 16.5 Å². The third kappa shape index (κ3) is 3.68. The van der Waals surface area contributed by atoms with Gasteiger partial charge in [-0.3, -0.25) is 9.80 Å². The molecule has 0 aliphatic rings. The van der Waals surface area contributed by atoms with E-state index in [0.29, 0.717) is 5.56 Å². The number of rotatable bonds is 3. The van der Waals surface area contributed by atoms with E-state index in [4.69, 9.17) is 5.84 Å². The van der Waals surface area contributed by atoms with Gasteiger partial charge in [0.1, 0.15) is 0 Å². The lowest BCUT2D eigenvalue weighted by molar-refractivity contribution is 0.0582. The molecule has 0 unspecified atom stereocenters. The molecule has 3 heteroatoms. The van der Waals surface area contributed by atoms with Crippen LogP contribution in [-0.2, 0) is 0 Å². The Morgan fingerprint density at radius 1 is 0.731 bits per heavy atom. The van der Waals surface area contributed by atoms with Gasteiger partial charge in [-0.15, -0.1) is 0 Å². The van der Waals surface area contributed by atoms with Crippen molar-refractivity contribution in [3.05, 3.63) is 84.4 Å². The molecule has 0 saturated carbocycles. The quantitative estimate of drug-likeness (QED) is 0.406. The highest BCUT2D eigenvalue weighted by Crippen LogP contribution is 2.28. The second-order valence-electron chi connectivity index (χ2n) is 7.33. The minimum absolute atomic E-state index is 0.180. The van der Waals surface area contributed by atoms with E-state index in [-0.39, 0.29) is 5.91 Å². The zero-order valence-corrected chi connectivity index (χ0v) is 15.4. The van der Waals surface area contributed by atoms with E-state index in [1.54, 1.807) is 0 Å². The fraction of sp³-hybridized carbons (Fsp3) is 0.174. The van der Waals surface area contributed by atoms with Crippen molar-refractivity contribution in [3.63, 3.8) is 0 Å². The molecule has 0 spiro atoms. The van der Waals surface area contributed by atoms with Crippen molar-refractivity contribution in [1.29, 1.82) is 0 Å². The van der Waals surface area contributed by atoms with Gasteiger partial charge in [0.25, 0.3) is 5.91 Å². The minimum Gasteiger partial charge on any atom is -0.271 e. The van der Waals surface area contributed by atoms with Gasteiger partial charge >= 0.3 is 0 Å². The lowest BCUT2D eigenvalue weighted by atomic mass is 9.96. The van der Waals surface area contributed by atoms with Gasteiger partial charge in [0.2, 0.25) is 0 Å². The van der Waals surface area contributed by atoms with Crippen molar-refractivity contribution in [2.75, 3.05) is 0 Å². The van der Waals surface area contributed by atoms with Gasteiger partial charge in [-0.2, -0.15) is 0 Å². The van der Waals surface area contributed by atoms with E-state index in [1.807, 2.05) is 75.4 Å². The Hall–Kier alpha value is -2.91. The number of hydrazine groups is 1. The molecule has 0 heterocycles. The van der Waals surface area contributed by atoms with Crippen LogP contribution in [0.25, 0.3) is 22.3 Å². The lowest BCUT2D eigenvalue weighted by Gasteiger charge is -2.31. The van der Waals surface area contributed by atoms with Gasteiger partial charge in [0.15, 0.2) is 0 Å². The standard InChI is InChI=1S/C23H24N2O/c1-23(2,3)25(24)22(26)21-12-8-7-11-20(21)19-15-13-18(14-16-19)17-9-5-4-6-10-17/h4-16H,24H2,1-3H3. The first-order valence-electron chi connectivity index (χ1n) is 8.72. The molecule has 0 aliphatic heterocycles. The number of amides is 1.